The molecule has 21 heavy (non-hydrogen) atoms. The fraction of sp³-hybridized carbons (Fsp3) is 0.938. The molecule has 1 aliphatic carbocycles. The molecule has 2 N–H and O–H groups in total. The maximum absolute atomic E-state index is 12.1. The van der Waals surface area contributed by atoms with Crippen molar-refractivity contribution in [2.75, 3.05) is 19.6 Å². The number of halogens is 1. The Balaban J connectivity index is 0.00000161. The highest BCUT2D eigenvalue weighted by Gasteiger charge is 2.29. The second-order valence-electron chi connectivity index (χ2n) is 6.76. The maximum Gasteiger partial charge on any atom is 0.237 e. The lowest BCUT2D eigenvalue weighted by molar-refractivity contribution is -0.123. The largest absolute Gasteiger partial charge is 0.352 e. The first-order valence-corrected chi connectivity index (χ1v) is 8.61. The van der Waals surface area contributed by atoms with Crippen LogP contribution in [0.15, 0.2) is 0 Å². The van der Waals surface area contributed by atoms with Crippen molar-refractivity contribution in [2.24, 2.45) is 0 Å². The molecule has 3 fully saturated rings. The first-order valence-electron chi connectivity index (χ1n) is 8.61. The van der Waals surface area contributed by atoms with E-state index >= 15 is 0 Å². The summed E-state index contributed by atoms with van der Waals surface area (Å²) in [6.07, 6.45) is 11.4. The molecule has 3 rings (SSSR count). The molecule has 0 radical (unpaired) electrons. The van der Waals surface area contributed by atoms with E-state index in [4.69, 9.17) is 0 Å². The number of carbonyl (C=O) groups excluding carboxylic acids is 1. The van der Waals surface area contributed by atoms with Gasteiger partial charge in [0.05, 0.1) is 6.04 Å². The van der Waals surface area contributed by atoms with Crippen LogP contribution in [-0.4, -0.2) is 48.6 Å². The molecule has 2 saturated heterocycles. The topological polar surface area (TPSA) is 44.4 Å². The fourth-order valence-corrected chi connectivity index (χ4v) is 4.07. The third-order valence-corrected chi connectivity index (χ3v) is 5.34. The van der Waals surface area contributed by atoms with E-state index in [2.05, 4.69) is 15.5 Å². The molecular formula is C16H30ClN3O. The minimum absolute atomic E-state index is 0. The SMILES string of the molecule is Cl.O=C(NC1CCN(C2CCCCC2)CC1)C1CCCN1. The van der Waals surface area contributed by atoms with Gasteiger partial charge in [-0.15, -0.1) is 12.4 Å². The molecule has 1 amide bonds. The van der Waals surface area contributed by atoms with Gasteiger partial charge in [-0.25, -0.2) is 0 Å². The lowest BCUT2D eigenvalue weighted by Gasteiger charge is -2.39. The number of nitrogens with one attached hydrogen (secondary N) is 2. The summed E-state index contributed by atoms with van der Waals surface area (Å²) in [7, 11) is 0. The Bertz CT molecular complexity index is 319. The van der Waals surface area contributed by atoms with Crippen LogP contribution in [0.4, 0.5) is 0 Å². The first-order chi connectivity index (χ1) is 9.83. The highest BCUT2D eigenvalue weighted by atomic mass is 35.5. The molecule has 1 atom stereocenters. The van der Waals surface area contributed by atoms with Gasteiger partial charge in [-0.3, -0.25) is 4.79 Å². The van der Waals surface area contributed by atoms with Crippen LogP contribution in [0.3, 0.4) is 0 Å². The zero-order chi connectivity index (χ0) is 13.8. The predicted molar refractivity (Wildman–Crippen MR) is 87.9 cm³/mol. The molecule has 4 nitrogen and oxygen atoms in total. The van der Waals surface area contributed by atoms with Gasteiger partial charge in [0, 0.05) is 25.2 Å². The lowest BCUT2D eigenvalue weighted by Crippen LogP contribution is -2.51. The Morgan fingerprint density at radius 1 is 0.952 bits per heavy atom. The van der Waals surface area contributed by atoms with Crippen LogP contribution in [0, 0.1) is 0 Å². The third kappa shape index (κ3) is 4.57. The minimum atomic E-state index is 0. The van der Waals surface area contributed by atoms with Crippen LogP contribution in [0.2, 0.25) is 0 Å². The van der Waals surface area contributed by atoms with Crippen molar-refractivity contribution in [3.63, 3.8) is 0 Å². The quantitative estimate of drug-likeness (QED) is 0.838. The standard InChI is InChI=1S/C16H29N3O.ClH/c20-16(15-7-4-10-17-15)18-13-8-11-19(12-9-13)14-5-2-1-3-6-14;/h13-15,17H,1-12H2,(H,18,20);1H. The Morgan fingerprint density at radius 3 is 2.29 bits per heavy atom. The lowest BCUT2D eigenvalue weighted by atomic mass is 9.92. The molecule has 2 heterocycles. The van der Waals surface area contributed by atoms with Gasteiger partial charge in [-0.1, -0.05) is 19.3 Å². The van der Waals surface area contributed by atoms with Crippen LogP contribution in [-0.2, 0) is 4.79 Å². The van der Waals surface area contributed by atoms with E-state index in [1.54, 1.807) is 0 Å². The van der Waals surface area contributed by atoms with Crippen LogP contribution >= 0.6 is 12.4 Å². The van der Waals surface area contributed by atoms with Crippen molar-refractivity contribution in [1.29, 1.82) is 0 Å². The van der Waals surface area contributed by atoms with Crippen LogP contribution < -0.4 is 10.6 Å². The van der Waals surface area contributed by atoms with Crippen molar-refractivity contribution in [1.82, 2.24) is 15.5 Å². The van der Waals surface area contributed by atoms with Gasteiger partial charge in [0.25, 0.3) is 0 Å². The summed E-state index contributed by atoms with van der Waals surface area (Å²) in [4.78, 5) is 14.8. The number of hydrogen-bond donors (Lipinski definition) is 2. The number of rotatable bonds is 3. The third-order valence-electron chi connectivity index (χ3n) is 5.34. The number of amides is 1. The Kier molecular flexibility index (Phi) is 6.77. The first kappa shape index (κ1) is 17.0. The monoisotopic (exact) mass is 315 g/mol. The number of likely N-dealkylation sites (tertiary alicyclic amines) is 1. The summed E-state index contributed by atoms with van der Waals surface area (Å²) < 4.78 is 0. The van der Waals surface area contributed by atoms with Gasteiger partial charge in [-0.05, 0) is 45.1 Å². The van der Waals surface area contributed by atoms with E-state index < -0.39 is 0 Å². The van der Waals surface area contributed by atoms with Crippen molar-refractivity contribution >= 4 is 18.3 Å². The van der Waals surface area contributed by atoms with E-state index in [0.29, 0.717) is 6.04 Å². The van der Waals surface area contributed by atoms with Gasteiger partial charge in [0.2, 0.25) is 5.91 Å². The van der Waals surface area contributed by atoms with E-state index in [9.17, 15) is 4.79 Å². The zero-order valence-corrected chi connectivity index (χ0v) is 13.8. The molecule has 122 valence electrons. The highest BCUT2D eigenvalue weighted by molar-refractivity contribution is 5.85. The molecule has 0 aromatic carbocycles. The number of piperidine rings is 1. The highest BCUT2D eigenvalue weighted by Crippen LogP contribution is 2.25. The van der Waals surface area contributed by atoms with Gasteiger partial charge in [-0.2, -0.15) is 0 Å². The van der Waals surface area contributed by atoms with Crippen molar-refractivity contribution < 1.29 is 4.79 Å². The number of carbonyl (C=O) groups is 1. The molecule has 0 bridgehead atoms. The predicted octanol–water partition coefficient (Wildman–Crippen LogP) is 2.07. The fourth-order valence-electron chi connectivity index (χ4n) is 4.07. The second kappa shape index (κ2) is 8.35. The molecule has 5 heteroatoms. The zero-order valence-electron chi connectivity index (χ0n) is 13.0. The molecule has 0 aromatic heterocycles. The van der Waals surface area contributed by atoms with Crippen molar-refractivity contribution in [2.45, 2.75) is 75.9 Å². The van der Waals surface area contributed by atoms with Crippen LogP contribution in [0.5, 0.6) is 0 Å². The second-order valence-corrected chi connectivity index (χ2v) is 6.76. The van der Waals surface area contributed by atoms with Gasteiger partial charge >= 0.3 is 0 Å². The molecule has 3 aliphatic rings. The molecule has 0 aromatic rings. The van der Waals surface area contributed by atoms with Gasteiger partial charge in [0.15, 0.2) is 0 Å². The van der Waals surface area contributed by atoms with Gasteiger partial charge < -0.3 is 15.5 Å². The van der Waals surface area contributed by atoms with Gasteiger partial charge in [0.1, 0.15) is 0 Å². The van der Waals surface area contributed by atoms with Crippen molar-refractivity contribution in [3.05, 3.63) is 0 Å². The Labute approximate surface area is 134 Å². The summed E-state index contributed by atoms with van der Waals surface area (Å²) in [5.41, 5.74) is 0. The molecular weight excluding hydrogens is 286 g/mol. The van der Waals surface area contributed by atoms with E-state index in [0.717, 1.165) is 38.3 Å². The molecule has 2 aliphatic heterocycles. The summed E-state index contributed by atoms with van der Waals surface area (Å²) in [6.45, 7) is 3.35. The summed E-state index contributed by atoms with van der Waals surface area (Å²) in [5, 5.41) is 6.54. The normalized spacial score (nSPS) is 29.0. The van der Waals surface area contributed by atoms with E-state index in [-0.39, 0.29) is 24.4 Å². The molecule has 1 saturated carbocycles. The smallest absolute Gasteiger partial charge is 0.237 e. The summed E-state index contributed by atoms with van der Waals surface area (Å²) in [6, 6.07) is 1.31. The summed E-state index contributed by atoms with van der Waals surface area (Å²) in [5.74, 6) is 0.235. The minimum Gasteiger partial charge on any atom is -0.352 e. The molecule has 0 spiro atoms. The van der Waals surface area contributed by atoms with Crippen molar-refractivity contribution in [3.8, 4) is 0 Å². The number of nitrogens with zero attached hydrogens (tertiary/aromatic N) is 1. The number of hydrogen-bond acceptors (Lipinski definition) is 3. The Morgan fingerprint density at radius 2 is 1.67 bits per heavy atom. The average molecular weight is 316 g/mol. The van der Waals surface area contributed by atoms with Crippen LogP contribution in [0.25, 0.3) is 0 Å². The van der Waals surface area contributed by atoms with E-state index in [1.165, 1.54) is 45.2 Å². The van der Waals surface area contributed by atoms with Crippen LogP contribution in [0.1, 0.15) is 57.8 Å². The maximum atomic E-state index is 12.1. The molecule has 1 unspecified atom stereocenters. The summed E-state index contributed by atoms with van der Waals surface area (Å²) >= 11 is 0. The Hall–Kier alpha value is -0.320. The average Bonchev–Trinajstić information content (AvgIpc) is 3.03. The van der Waals surface area contributed by atoms with E-state index in [1.807, 2.05) is 0 Å².